The molecule has 0 saturated heterocycles. The van der Waals surface area contributed by atoms with Crippen molar-refractivity contribution in [2.24, 2.45) is 11.3 Å². The van der Waals surface area contributed by atoms with Crippen LogP contribution < -0.4 is 19.7 Å². The first-order chi connectivity index (χ1) is 15.3. The third kappa shape index (κ3) is 5.44. The minimum Gasteiger partial charge on any atom is -0.490 e. The molecule has 0 saturated carbocycles. The van der Waals surface area contributed by atoms with Gasteiger partial charge in [-0.25, -0.2) is 12.8 Å². The molecule has 0 atom stereocenters. The molecule has 3 rings (SSSR count). The van der Waals surface area contributed by atoms with Gasteiger partial charge < -0.3 is 15.0 Å². The van der Waals surface area contributed by atoms with Gasteiger partial charge in [0.15, 0.2) is 0 Å². The molecule has 2 N–H and O–H groups in total. The molecule has 33 heavy (non-hydrogen) atoms. The Bertz CT molecular complexity index is 1190. The number of sulfonamides is 1. The molecule has 2 amide bonds. The number of nitrogens with one attached hydrogen (secondary N) is 2. The van der Waals surface area contributed by atoms with Crippen molar-refractivity contribution in [2.75, 3.05) is 28.1 Å². The fourth-order valence-electron chi connectivity index (χ4n) is 3.43. The second-order valence-electron chi connectivity index (χ2n) is 9.09. The number of amides is 2. The highest BCUT2D eigenvalue weighted by molar-refractivity contribution is 7.92. The molecule has 2 aromatic rings. The summed E-state index contributed by atoms with van der Waals surface area (Å²) < 4.78 is 48.2. The van der Waals surface area contributed by atoms with Crippen molar-refractivity contribution in [1.82, 2.24) is 0 Å². The number of ether oxygens (including phenoxy) is 1. The SMILES string of the molecule is CC(=O)Nc1ccc(S(=O)(=O)Nc2ccc3c(c2)OCC(C)(C)C(=O)N3CC(C)C)cc1F. The summed E-state index contributed by atoms with van der Waals surface area (Å²) in [6, 6.07) is 7.89. The maximum Gasteiger partial charge on any atom is 0.262 e. The van der Waals surface area contributed by atoms with Crippen molar-refractivity contribution < 1.29 is 27.1 Å². The normalized spacial score (nSPS) is 15.5. The number of carbonyl (C=O) groups excluding carboxylic acids is 2. The lowest BCUT2D eigenvalue weighted by Crippen LogP contribution is -2.43. The van der Waals surface area contributed by atoms with Gasteiger partial charge in [-0.3, -0.25) is 14.3 Å². The van der Waals surface area contributed by atoms with Crippen molar-refractivity contribution in [3.63, 3.8) is 0 Å². The third-order valence-corrected chi connectivity index (χ3v) is 6.40. The van der Waals surface area contributed by atoms with E-state index in [9.17, 15) is 22.4 Å². The van der Waals surface area contributed by atoms with Gasteiger partial charge in [0, 0.05) is 19.5 Å². The van der Waals surface area contributed by atoms with Crippen LogP contribution in [0.15, 0.2) is 41.3 Å². The third-order valence-electron chi connectivity index (χ3n) is 5.02. The fourth-order valence-corrected chi connectivity index (χ4v) is 4.49. The summed E-state index contributed by atoms with van der Waals surface area (Å²) >= 11 is 0. The van der Waals surface area contributed by atoms with E-state index in [0.717, 1.165) is 6.07 Å². The average Bonchev–Trinajstić information content (AvgIpc) is 2.79. The molecule has 178 valence electrons. The summed E-state index contributed by atoms with van der Waals surface area (Å²) in [5.41, 5.74) is -0.0945. The van der Waals surface area contributed by atoms with Crippen LogP contribution in [0.4, 0.5) is 21.5 Å². The van der Waals surface area contributed by atoms with Gasteiger partial charge in [0.2, 0.25) is 11.8 Å². The van der Waals surface area contributed by atoms with E-state index >= 15 is 0 Å². The van der Waals surface area contributed by atoms with Crippen LogP contribution in [0.3, 0.4) is 0 Å². The van der Waals surface area contributed by atoms with E-state index in [4.69, 9.17) is 4.74 Å². The maximum absolute atomic E-state index is 14.2. The van der Waals surface area contributed by atoms with E-state index < -0.39 is 27.2 Å². The molecule has 0 unspecified atom stereocenters. The average molecular weight is 478 g/mol. The predicted molar refractivity (Wildman–Crippen MR) is 124 cm³/mol. The number of benzene rings is 2. The molecule has 0 fully saturated rings. The van der Waals surface area contributed by atoms with Crippen LogP contribution in [0.25, 0.3) is 0 Å². The molecule has 0 radical (unpaired) electrons. The van der Waals surface area contributed by atoms with Crippen LogP contribution in [0.5, 0.6) is 5.75 Å². The Kier molecular flexibility index (Phi) is 6.69. The fraction of sp³-hybridized carbons (Fsp3) is 0.391. The Morgan fingerprint density at radius 2 is 1.91 bits per heavy atom. The highest BCUT2D eigenvalue weighted by atomic mass is 32.2. The number of hydrogen-bond donors (Lipinski definition) is 2. The summed E-state index contributed by atoms with van der Waals surface area (Å²) in [6.45, 7) is 9.47. The van der Waals surface area contributed by atoms with Gasteiger partial charge in [-0.15, -0.1) is 0 Å². The minimum atomic E-state index is -4.12. The number of halogens is 1. The zero-order valence-electron chi connectivity index (χ0n) is 19.2. The Morgan fingerprint density at radius 3 is 2.52 bits per heavy atom. The Labute approximate surface area is 193 Å². The molecule has 10 heteroatoms. The second-order valence-corrected chi connectivity index (χ2v) is 10.8. The van der Waals surface area contributed by atoms with Gasteiger partial charge in [-0.2, -0.15) is 0 Å². The molecule has 0 aromatic heterocycles. The lowest BCUT2D eigenvalue weighted by molar-refractivity contribution is -0.127. The molecule has 0 bridgehead atoms. The van der Waals surface area contributed by atoms with Gasteiger partial charge in [0.25, 0.3) is 10.0 Å². The first-order valence-corrected chi connectivity index (χ1v) is 12.0. The first kappa shape index (κ1) is 24.5. The lowest BCUT2D eigenvalue weighted by Gasteiger charge is -2.29. The second kappa shape index (κ2) is 9.01. The van der Waals surface area contributed by atoms with Crippen molar-refractivity contribution >= 4 is 38.9 Å². The topological polar surface area (TPSA) is 105 Å². The summed E-state index contributed by atoms with van der Waals surface area (Å²) in [5.74, 6) is -0.826. The summed E-state index contributed by atoms with van der Waals surface area (Å²) in [6.07, 6.45) is 0. The Hall–Kier alpha value is -3.14. The van der Waals surface area contributed by atoms with E-state index in [2.05, 4.69) is 10.0 Å². The van der Waals surface area contributed by atoms with Gasteiger partial charge in [-0.1, -0.05) is 13.8 Å². The molecular weight excluding hydrogens is 449 g/mol. The van der Waals surface area contributed by atoms with E-state index in [0.29, 0.717) is 18.0 Å². The van der Waals surface area contributed by atoms with Crippen molar-refractivity contribution in [3.05, 3.63) is 42.2 Å². The highest BCUT2D eigenvalue weighted by Gasteiger charge is 2.38. The number of hydrogen-bond acceptors (Lipinski definition) is 5. The van der Waals surface area contributed by atoms with Crippen LogP contribution in [0, 0.1) is 17.2 Å². The molecule has 1 heterocycles. The van der Waals surface area contributed by atoms with Crippen molar-refractivity contribution in [1.29, 1.82) is 0 Å². The van der Waals surface area contributed by atoms with Gasteiger partial charge >= 0.3 is 0 Å². The molecule has 1 aliphatic heterocycles. The molecule has 8 nitrogen and oxygen atoms in total. The number of nitrogens with zero attached hydrogens (tertiary/aromatic N) is 1. The van der Waals surface area contributed by atoms with Crippen LogP contribution >= 0.6 is 0 Å². The van der Waals surface area contributed by atoms with Crippen molar-refractivity contribution in [3.8, 4) is 5.75 Å². The molecular formula is C23H28FN3O5S. The van der Waals surface area contributed by atoms with Gasteiger partial charge in [0.1, 0.15) is 18.2 Å². The Balaban J connectivity index is 1.92. The number of carbonyl (C=O) groups is 2. The van der Waals surface area contributed by atoms with E-state index in [-0.39, 0.29) is 34.7 Å². The van der Waals surface area contributed by atoms with Crippen molar-refractivity contribution in [2.45, 2.75) is 39.5 Å². The molecule has 0 spiro atoms. The standard InChI is InChI=1S/C23H28FN3O5S/c1-14(2)12-27-20-9-6-16(10-21(20)32-13-23(4,5)22(27)29)26-33(30,31)17-7-8-19(18(24)11-17)25-15(3)28/h6-11,14,26H,12-13H2,1-5H3,(H,25,28). The highest BCUT2D eigenvalue weighted by Crippen LogP contribution is 2.39. The van der Waals surface area contributed by atoms with E-state index in [1.165, 1.54) is 31.2 Å². The minimum absolute atomic E-state index is 0.0713. The number of rotatable bonds is 6. The molecule has 0 aliphatic carbocycles. The zero-order chi connectivity index (χ0) is 24.6. The predicted octanol–water partition coefficient (Wildman–Crippen LogP) is 3.99. The smallest absolute Gasteiger partial charge is 0.262 e. The lowest BCUT2D eigenvalue weighted by atomic mass is 9.92. The molecule has 1 aliphatic rings. The molecule has 2 aromatic carbocycles. The largest absolute Gasteiger partial charge is 0.490 e. The van der Waals surface area contributed by atoms with Crippen LogP contribution in [0.2, 0.25) is 0 Å². The van der Waals surface area contributed by atoms with Gasteiger partial charge in [0.05, 0.1) is 27.4 Å². The Morgan fingerprint density at radius 1 is 1.21 bits per heavy atom. The van der Waals surface area contributed by atoms with Crippen LogP contribution in [-0.4, -0.2) is 33.4 Å². The van der Waals surface area contributed by atoms with Crippen LogP contribution in [-0.2, 0) is 19.6 Å². The maximum atomic E-state index is 14.2. The zero-order valence-corrected chi connectivity index (χ0v) is 20.0. The first-order valence-electron chi connectivity index (χ1n) is 10.5. The van der Waals surface area contributed by atoms with E-state index in [1.54, 1.807) is 24.8 Å². The van der Waals surface area contributed by atoms with Gasteiger partial charge in [-0.05, 0) is 50.1 Å². The van der Waals surface area contributed by atoms with E-state index in [1.807, 2.05) is 13.8 Å². The monoisotopic (exact) mass is 477 g/mol. The number of fused-ring (bicyclic) bond motifs is 1. The summed E-state index contributed by atoms with van der Waals surface area (Å²) in [5, 5.41) is 2.29. The quantitative estimate of drug-likeness (QED) is 0.655. The summed E-state index contributed by atoms with van der Waals surface area (Å²) in [7, 11) is -4.12. The van der Waals surface area contributed by atoms with Crippen LogP contribution in [0.1, 0.15) is 34.6 Å². The summed E-state index contributed by atoms with van der Waals surface area (Å²) in [4.78, 5) is 25.6. The number of anilines is 3.